The molecule has 0 aliphatic rings. The molecule has 0 saturated carbocycles. The summed E-state index contributed by atoms with van der Waals surface area (Å²) in [6, 6.07) is 9.69. The average molecular weight is 285 g/mol. The summed E-state index contributed by atoms with van der Waals surface area (Å²) in [7, 11) is 2.91. The molecule has 21 heavy (non-hydrogen) atoms. The van der Waals surface area contributed by atoms with Crippen LogP contribution in [0.4, 0.5) is 5.69 Å². The van der Waals surface area contributed by atoms with E-state index in [0.717, 1.165) is 5.56 Å². The molecule has 1 aromatic carbocycles. The predicted octanol–water partition coefficient (Wildman–Crippen LogP) is 2.15. The Bertz CT molecular complexity index is 642. The molecule has 0 radical (unpaired) electrons. The number of anilines is 1. The number of aromatic nitrogens is 2. The summed E-state index contributed by atoms with van der Waals surface area (Å²) in [4.78, 5) is 19.8. The van der Waals surface area contributed by atoms with Crippen LogP contribution in [0.3, 0.4) is 0 Å². The number of rotatable bonds is 5. The molecule has 0 aliphatic heterocycles. The van der Waals surface area contributed by atoms with Gasteiger partial charge in [0.1, 0.15) is 5.69 Å². The molecular formula is C15H15N3O3. The van der Waals surface area contributed by atoms with Gasteiger partial charge in [0, 0.05) is 6.08 Å². The van der Waals surface area contributed by atoms with Gasteiger partial charge < -0.3 is 14.8 Å². The maximum absolute atomic E-state index is 11.9. The molecule has 2 rings (SSSR count). The minimum Gasteiger partial charge on any atom is -0.479 e. The van der Waals surface area contributed by atoms with Crippen LogP contribution >= 0.6 is 0 Å². The lowest BCUT2D eigenvalue weighted by atomic mass is 10.2. The van der Waals surface area contributed by atoms with E-state index in [-0.39, 0.29) is 17.8 Å². The highest BCUT2D eigenvalue weighted by molar-refractivity contribution is 6.02. The Balaban J connectivity index is 2.07. The van der Waals surface area contributed by atoms with Crippen molar-refractivity contribution >= 4 is 17.7 Å². The normalized spacial score (nSPS) is 10.4. The molecular weight excluding hydrogens is 270 g/mol. The second kappa shape index (κ2) is 7.04. The van der Waals surface area contributed by atoms with E-state index in [1.807, 2.05) is 30.3 Å². The van der Waals surface area contributed by atoms with Gasteiger partial charge in [0.2, 0.25) is 11.8 Å². The number of hydrogen-bond acceptors (Lipinski definition) is 5. The molecule has 0 bridgehead atoms. The first-order valence-corrected chi connectivity index (χ1v) is 6.22. The van der Waals surface area contributed by atoms with Gasteiger partial charge in [0.15, 0.2) is 0 Å². The molecule has 1 heterocycles. The maximum Gasteiger partial charge on any atom is 0.319 e. The Morgan fingerprint density at radius 1 is 1.19 bits per heavy atom. The summed E-state index contributed by atoms with van der Waals surface area (Å²) < 4.78 is 9.97. The van der Waals surface area contributed by atoms with Crippen LogP contribution in [0.5, 0.6) is 11.9 Å². The molecule has 6 heteroatoms. The molecule has 1 aromatic heterocycles. The lowest BCUT2D eigenvalue weighted by molar-refractivity contribution is -0.111. The number of hydrogen-bond donors (Lipinski definition) is 1. The molecule has 0 unspecified atom stereocenters. The van der Waals surface area contributed by atoms with Crippen molar-refractivity contribution in [3.8, 4) is 11.9 Å². The Hall–Kier alpha value is -2.89. The fourth-order valence-corrected chi connectivity index (χ4v) is 1.60. The summed E-state index contributed by atoms with van der Waals surface area (Å²) in [5.74, 6) is -0.0609. The third-order valence-electron chi connectivity index (χ3n) is 2.59. The number of carbonyl (C=O) groups excluding carboxylic acids is 1. The minimum absolute atomic E-state index is 0.171. The molecule has 108 valence electrons. The van der Waals surface area contributed by atoms with Crippen LogP contribution in [0.2, 0.25) is 0 Å². The van der Waals surface area contributed by atoms with E-state index in [0.29, 0.717) is 5.69 Å². The number of amides is 1. The van der Waals surface area contributed by atoms with Crippen molar-refractivity contribution in [1.29, 1.82) is 0 Å². The maximum atomic E-state index is 11.9. The van der Waals surface area contributed by atoms with Crippen LogP contribution in [-0.4, -0.2) is 30.1 Å². The number of carbonyl (C=O) groups is 1. The largest absolute Gasteiger partial charge is 0.479 e. The van der Waals surface area contributed by atoms with Crippen LogP contribution in [0.25, 0.3) is 6.08 Å². The summed E-state index contributed by atoms with van der Waals surface area (Å²) in [5, 5.41) is 2.65. The smallest absolute Gasteiger partial charge is 0.319 e. The summed E-state index contributed by atoms with van der Waals surface area (Å²) in [6.07, 6.45) is 4.57. The summed E-state index contributed by atoms with van der Waals surface area (Å²) in [5.41, 5.74) is 1.31. The summed E-state index contributed by atoms with van der Waals surface area (Å²) >= 11 is 0. The van der Waals surface area contributed by atoms with Gasteiger partial charge in [0.25, 0.3) is 0 Å². The van der Waals surface area contributed by atoms with Gasteiger partial charge >= 0.3 is 6.01 Å². The molecule has 2 aromatic rings. The van der Waals surface area contributed by atoms with Crippen molar-refractivity contribution in [2.75, 3.05) is 19.5 Å². The number of ether oxygens (including phenoxy) is 2. The van der Waals surface area contributed by atoms with Crippen molar-refractivity contribution in [1.82, 2.24) is 9.97 Å². The van der Waals surface area contributed by atoms with Gasteiger partial charge in [-0.25, -0.2) is 4.98 Å². The Morgan fingerprint density at radius 3 is 2.62 bits per heavy atom. The zero-order chi connectivity index (χ0) is 15.1. The fourth-order valence-electron chi connectivity index (χ4n) is 1.60. The second-order valence-corrected chi connectivity index (χ2v) is 4.01. The third-order valence-corrected chi connectivity index (χ3v) is 2.59. The second-order valence-electron chi connectivity index (χ2n) is 4.01. The zero-order valence-electron chi connectivity index (χ0n) is 11.7. The van der Waals surface area contributed by atoms with Crippen molar-refractivity contribution in [2.45, 2.75) is 0 Å². The van der Waals surface area contributed by atoms with E-state index >= 15 is 0 Å². The van der Waals surface area contributed by atoms with E-state index in [9.17, 15) is 4.79 Å². The predicted molar refractivity (Wildman–Crippen MR) is 79.2 cm³/mol. The average Bonchev–Trinajstić information content (AvgIpc) is 2.54. The third kappa shape index (κ3) is 4.04. The molecule has 0 fully saturated rings. The first-order chi connectivity index (χ1) is 10.2. The van der Waals surface area contributed by atoms with Crippen LogP contribution in [0.1, 0.15) is 5.56 Å². The van der Waals surface area contributed by atoms with E-state index in [1.54, 1.807) is 6.08 Å². The molecule has 0 spiro atoms. The Labute approximate surface area is 122 Å². The highest BCUT2D eigenvalue weighted by atomic mass is 16.5. The monoisotopic (exact) mass is 285 g/mol. The zero-order valence-corrected chi connectivity index (χ0v) is 11.7. The molecule has 0 atom stereocenters. The van der Waals surface area contributed by atoms with E-state index in [1.165, 1.54) is 26.5 Å². The first-order valence-electron chi connectivity index (χ1n) is 6.22. The van der Waals surface area contributed by atoms with E-state index < -0.39 is 0 Å². The molecule has 0 aliphatic carbocycles. The molecule has 1 amide bonds. The van der Waals surface area contributed by atoms with E-state index in [4.69, 9.17) is 9.47 Å². The number of methoxy groups -OCH3 is 2. The van der Waals surface area contributed by atoms with Crippen LogP contribution in [-0.2, 0) is 4.79 Å². The molecule has 6 nitrogen and oxygen atoms in total. The van der Waals surface area contributed by atoms with Crippen molar-refractivity contribution in [2.24, 2.45) is 0 Å². The van der Waals surface area contributed by atoms with Crippen LogP contribution < -0.4 is 14.8 Å². The van der Waals surface area contributed by atoms with Gasteiger partial charge in [-0.05, 0) is 11.6 Å². The number of nitrogens with one attached hydrogen (secondary N) is 1. The van der Waals surface area contributed by atoms with Gasteiger partial charge in [-0.3, -0.25) is 4.79 Å². The van der Waals surface area contributed by atoms with Gasteiger partial charge in [0.05, 0.1) is 20.4 Å². The fraction of sp³-hybridized carbons (Fsp3) is 0.133. The quantitative estimate of drug-likeness (QED) is 0.852. The number of benzene rings is 1. The lowest BCUT2D eigenvalue weighted by Crippen LogP contribution is -2.10. The highest BCUT2D eigenvalue weighted by Crippen LogP contribution is 2.22. The number of nitrogens with zero attached hydrogens (tertiary/aromatic N) is 2. The Kier molecular flexibility index (Phi) is 4.87. The van der Waals surface area contributed by atoms with Crippen LogP contribution in [0, 0.1) is 0 Å². The molecule has 1 N–H and O–H groups in total. The Morgan fingerprint density at radius 2 is 1.95 bits per heavy atom. The highest BCUT2D eigenvalue weighted by Gasteiger charge is 2.09. The molecule has 0 saturated heterocycles. The van der Waals surface area contributed by atoms with Crippen molar-refractivity contribution in [3.05, 3.63) is 48.2 Å². The van der Waals surface area contributed by atoms with Gasteiger partial charge in [-0.1, -0.05) is 30.3 Å². The van der Waals surface area contributed by atoms with Crippen molar-refractivity contribution < 1.29 is 14.3 Å². The standard InChI is InChI=1S/C15H15N3O3/c1-20-14-12(10-16-15(18-14)21-2)17-13(19)9-8-11-6-4-3-5-7-11/h3-10H,1-2H3,(H,17,19). The summed E-state index contributed by atoms with van der Waals surface area (Å²) in [6.45, 7) is 0. The van der Waals surface area contributed by atoms with Gasteiger partial charge in [-0.2, -0.15) is 4.98 Å². The van der Waals surface area contributed by atoms with E-state index in [2.05, 4.69) is 15.3 Å². The topological polar surface area (TPSA) is 73.3 Å². The first kappa shape index (κ1) is 14.5. The minimum atomic E-state index is -0.300. The van der Waals surface area contributed by atoms with Crippen molar-refractivity contribution in [3.63, 3.8) is 0 Å². The van der Waals surface area contributed by atoms with Gasteiger partial charge in [-0.15, -0.1) is 0 Å². The van der Waals surface area contributed by atoms with Crippen LogP contribution in [0.15, 0.2) is 42.6 Å². The SMILES string of the molecule is COc1ncc(NC(=O)C=Cc2ccccc2)c(OC)n1. The lowest BCUT2D eigenvalue weighted by Gasteiger charge is -2.08.